The lowest BCUT2D eigenvalue weighted by atomic mass is 10.1. The Labute approximate surface area is 135 Å². The van der Waals surface area contributed by atoms with Crippen LogP contribution in [-0.2, 0) is 0 Å². The molecule has 1 N–H and O–H groups in total. The third-order valence-electron chi connectivity index (χ3n) is 3.57. The van der Waals surface area contributed by atoms with Gasteiger partial charge >= 0.3 is 0 Å². The molecule has 0 aliphatic carbocycles. The molecular weight excluding hydrogens is 314 g/mol. The number of nitrogens with one attached hydrogen (secondary N) is 1. The van der Waals surface area contributed by atoms with E-state index in [1.54, 1.807) is 12.1 Å². The van der Waals surface area contributed by atoms with E-state index >= 15 is 0 Å². The molecule has 7 heteroatoms. The molecule has 1 amide bonds. The van der Waals surface area contributed by atoms with Crippen molar-refractivity contribution in [2.75, 3.05) is 5.32 Å². The molecule has 3 rings (SSSR count). The van der Waals surface area contributed by atoms with Crippen LogP contribution in [0, 0.1) is 24.0 Å². The number of hydrogen-bond donors (Lipinski definition) is 1. The van der Waals surface area contributed by atoms with E-state index < -0.39 is 4.92 Å². The number of amides is 1. The maximum atomic E-state index is 12.3. The van der Waals surface area contributed by atoms with Crippen LogP contribution in [0.3, 0.4) is 0 Å². The van der Waals surface area contributed by atoms with E-state index in [1.807, 2.05) is 26.0 Å². The van der Waals surface area contributed by atoms with Crippen molar-refractivity contribution in [3.63, 3.8) is 0 Å². The molecule has 0 radical (unpaired) electrons. The fraction of sp³-hybridized carbons (Fsp3) is 0.125. The number of rotatable bonds is 3. The summed E-state index contributed by atoms with van der Waals surface area (Å²) in [5.41, 5.74) is 3.34. The molecule has 0 spiro atoms. The second-order valence-electron chi connectivity index (χ2n) is 5.18. The second kappa shape index (κ2) is 5.77. The van der Waals surface area contributed by atoms with Gasteiger partial charge < -0.3 is 0 Å². The van der Waals surface area contributed by atoms with Crippen molar-refractivity contribution in [2.24, 2.45) is 0 Å². The van der Waals surface area contributed by atoms with Crippen LogP contribution >= 0.6 is 11.3 Å². The first-order valence-corrected chi connectivity index (χ1v) is 7.69. The number of aromatic nitrogens is 1. The molecule has 2 aromatic carbocycles. The lowest BCUT2D eigenvalue weighted by molar-refractivity contribution is -0.384. The average molecular weight is 327 g/mol. The highest BCUT2D eigenvalue weighted by Crippen LogP contribution is 2.29. The summed E-state index contributed by atoms with van der Waals surface area (Å²) in [7, 11) is 0. The van der Waals surface area contributed by atoms with Crippen LogP contribution in [0.1, 0.15) is 21.5 Å². The highest BCUT2D eigenvalue weighted by Gasteiger charge is 2.13. The van der Waals surface area contributed by atoms with Gasteiger partial charge in [0.15, 0.2) is 5.13 Å². The van der Waals surface area contributed by atoms with E-state index in [9.17, 15) is 14.9 Å². The third kappa shape index (κ3) is 3.04. The molecule has 116 valence electrons. The Kier molecular flexibility index (Phi) is 3.79. The Bertz CT molecular complexity index is 933. The van der Waals surface area contributed by atoms with Gasteiger partial charge in [-0.3, -0.25) is 20.2 Å². The van der Waals surface area contributed by atoms with Gasteiger partial charge in [-0.15, -0.1) is 0 Å². The standard InChI is InChI=1S/C16H13N3O3S/c1-9-3-4-11(7-10(9)2)15(20)18-16-17-13-6-5-12(19(21)22)8-14(13)23-16/h3-8H,1-2H3,(H,17,18,20). The van der Waals surface area contributed by atoms with Gasteiger partial charge in [-0.2, -0.15) is 0 Å². The van der Waals surface area contributed by atoms with Gasteiger partial charge in [0, 0.05) is 17.7 Å². The van der Waals surface area contributed by atoms with Gasteiger partial charge in [0.05, 0.1) is 15.1 Å². The number of nitrogens with zero attached hydrogens (tertiary/aromatic N) is 2. The van der Waals surface area contributed by atoms with Gasteiger partial charge in [0.1, 0.15) is 0 Å². The predicted octanol–water partition coefficient (Wildman–Crippen LogP) is 4.07. The molecule has 0 bridgehead atoms. The zero-order chi connectivity index (χ0) is 16.6. The summed E-state index contributed by atoms with van der Waals surface area (Å²) >= 11 is 1.21. The molecule has 0 saturated heterocycles. The summed E-state index contributed by atoms with van der Waals surface area (Å²) < 4.78 is 0.662. The zero-order valence-electron chi connectivity index (χ0n) is 12.5. The number of non-ortho nitro benzene ring substituents is 1. The molecule has 6 nitrogen and oxygen atoms in total. The van der Waals surface area contributed by atoms with Crippen molar-refractivity contribution in [3.05, 3.63) is 63.2 Å². The molecule has 1 heterocycles. The summed E-state index contributed by atoms with van der Waals surface area (Å²) in [5, 5.41) is 14.0. The minimum Gasteiger partial charge on any atom is -0.298 e. The smallest absolute Gasteiger partial charge is 0.270 e. The first kappa shape index (κ1) is 15.1. The van der Waals surface area contributed by atoms with Crippen LogP contribution in [-0.4, -0.2) is 15.8 Å². The summed E-state index contributed by atoms with van der Waals surface area (Å²) in [6.07, 6.45) is 0. The molecule has 0 fully saturated rings. The monoisotopic (exact) mass is 327 g/mol. The molecule has 23 heavy (non-hydrogen) atoms. The second-order valence-corrected chi connectivity index (χ2v) is 6.21. The van der Waals surface area contributed by atoms with Gasteiger partial charge in [0.2, 0.25) is 0 Å². The lowest BCUT2D eigenvalue weighted by Crippen LogP contribution is -2.11. The summed E-state index contributed by atoms with van der Waals surface area (Å²) in [6.45, 7) is 3.93. The third-order valence-corrected chi connectivity index (χ3v) is 4.51. The van der Waals surface area contributed by atoms with E-state index in [4.69, 9.17) is 0 Å². The molecule has 0 aliphatic heterocycles. The van der Waals surface area contributed by atoms with Crippen molar-refractivity contribution in [3.8, 4) is 0 Å². The highest BCUT2D eigenvalue weighted by molar-refractivity contribution is 7.22. The number of anilines is 1. The Morgan fingerprint density at radius 1 is 1.17 bits per heavy atom. The van der Waals surface area contributed by atoms with Crippen LogP contribution in [0.4, 0.5) is 10.8 Å². The number of benzene rings is 2. The van der Waals surface area contributed by atoms with E-state index in [2.05, 4.69) is 10.3 Å². The maximum Gasteiger partial charge on any atom is 0.270 e. The minimum atomic E-state index is -0.452. The average Bonchev–Trinajstić information content (AvgIpc) is 2.90. The number of thiazole rings is 1. The SMILES string of the molecule is Cc1ccc(C(=O)Nc2nc3ccc([N+](=O)[O-])cc3s2)cc1C. The number of nitro benzene ring substituents is 1. The quantitative estimate of drug-likeness (QED) is 0.580. The Morgan fingerprint density at radius 3 is 2.65 bits per heavy atom. The predicted molar refractivity (Wildman–Crippen MR) is 90.1 cm³/mol. The largest absolute Gasteiger partial charge is 0.298 e. The number of fused-ring (bicyclic) bond motifs is 1. The summed E-state index contributed by atoms with van der Waals surface area (Å²) in [6, 6.07) is 9.91. The maximum absolute atomic E-state index is 12.3. The van der Waals surface area contributed by atoms with E-state index in [0.29, 0.717) is 20.9 Å². The molecule has 3 aromatic rings. The van der Waals surface area contributed by atoms with E-state index in [1.165, 1.54) is 23.5 Å². The normalized spacial score (nSPS) is 10.7. The fourth-order valence-corrected chi connectivity index (χ4v) is 3.03. The zero-order valence-corrected chi connectivity index (χ0v) is 13.3. The van der Waals surface area contributed by atoms with Crippen LogP contribution in [0.25, 0.3) is 10.2 Å². The van der Waals surface area contributed by atoms with Crippen molar-refractivity contribution in [1.82, 2.24) is 4.98 Å². The molecule has 0 atom stereocenters. The minimum absolute atomic E-state index is 0.00758. The van der Waals surface area contributed by atoms with Crippen LogP contribution < -0.4 is 5.32 Å². The Hall–Kier alpha value is -2.80. The van der Waals surface area contributed by atoms with E-state index in [-0.39, 0.29) is 11.6 Å². The summed E-state index contributed by atoms with van der Waals surface area (Å²) in [5.74, 6) is -0.248. The first-order valence-electron chi connectivity index (χ1n) is 6.87. The number of carbonyl (C=O) groups excluding carboxylic acids is 1. The number of hydrogen-bond acceptors (Lipinski definition) is 5. The van der Waals surface area contributed by atoms with Gasteiger partial charge in [-0.05, 0) is 43.2 Å². The topological polar surface area (TPSA) is 85.1 Å². The van der Waals surface area contributed by atoms with Gasteiger partial charge in [-0.1, -0.05) is 17.4 Å². The van der Waals surface area contributed by atoms with Crippen molar-refractivity contribution in [1.29, 1.82) is 0 Å². The van der Waals surface area contributed by atoms with Crippen molar-refractivity contribution < 1.29 is 9.72 Å². The number of carbonyl (C=O) groups is 1. The van der Waals surface area contributed by atoms with Crippen LogP contribution in [0.5, 0.6) is 0 Å². The summed E-state index contributed by atoms with van der Waals surface area (Å²) in [4.78, 5) is 26.9. The van der Waals surface area contributed by atoms with Crippen LogP contribution in [0.2, 0.25) is 0 Å². The molecular formula is C16H13N3O3S. The Balaban J connectivity index is 1.87. The lowest BCUT2D eigenvalue weighted by Gasteiger charge is -2.04. The molecule has 1 aromatic heterocycles. The van der Waals surface area contributed by atoms with Crippen LogP contribution in [0.15, 0.2) is 36.4 Å². The number of aryl methyl sites for hydroxylation is 2. The van der Waals surface area contributed by atoms with E-state index in [0.717, 1.165) is 11.1 Å². The fourth-order valence-electron chi connectivity index (χ4n) is 2.13. The first-order chi connectivity index (χ1) is 10.9. The Morgan fingerprint density at radius 2 is 1.96 bits per heavy atom. The molecule has 0 saturated carbocycles. The molecule has 0 aliphatic rings. The van der Waals surface area contributed by atoms with Gasteiger partial charge in [0.25, 0.3) is 11.6 Å². The number of nitro groups is 1. The molecule has 0 unspecified atom stereocenters. The highest BCUT2D eigenvalue weighted by atomic mass is 32.1. The van der Waals surface area contributed by atoms with Crippen molar-refractivity contribution >= 4 is 38.3 Å². The van der Waals surface area contributed by atoms with Crippen molar-refractivity contribution in [2.45, 2.75) is 13.8 Å². The van der Waals surface area contributed by atoms with Gasteiger partial charge in [-0.25, -0.2) is 4.98 Å².